The molecule has 0 amide bonds. The Kier molecular flexibility index (Phi) is 3.81. The maximum absolute atomic E-state index is 14.9. The highest BCUT2D eigenvalue weighted by Gasteiger charge is 2.34. The van der Waals surface area contributed by atoms with E-state index in [2.05, 4.69) is 0 Å². The first-order valence-electron chi connectivity index (χ1n) is 8.64. The van der Waals surface area contributed by atoms with Crippen LogP contribution in [0.2, 0.25) is 0 Å². The molecule has 1 saturated carbocycles. The third-order valence-electron chi connectivity index (χ3n) is 5.32. The number of aryl methyl sites for hydroxylation is 1. The van der Waals surface area contributed by atoms with Crippen molar-refractivity contribution >= 4 is 16.6 Å². The summed E-state index contributed by atoms with van der Waals surface area (Å²) in [5, 5.41) is 0.660. The standard InChI is InChI=1S/C18H22F2N4O/c1-9-17-12(10(6-21)4-16(25)24(17)11-2-3-11)5-13(19)18(9)23-7-14(20)15(22)8-23/h4-5,11,14-15H,2-3,6-8,21-22H2,1H3/t14-,15-/m1/s1. The molecule has 4 rings (SSSR count). The van der Waals surface area contributed by atoms with Gasteiger partial charge in [0.2, 0.25) is 0 Å². The summed E-state index contributed by atoms with van der Waals surface area (Å²) in [7, 11) is 0. The Morgan fingerprint density at radius 2 is 2.00 bits per heavy atom. The van der Waals surface area contributed by atoms with Gasteiger partial charge in [-0.2, -0.15) is 0 Å². The molecule has 25 heavy (non-hydrogen) atoms. The van der Waals surface area contributed by atoms with Crippen molar-refractivity contribution in [2.24, 2.45) is 11.5 Å². The summed E-state index contributed by atoms with van der Waals surface area (Å²) < 4.78 is 30.5. The Balaban J connectivity index is 2.00. The molecule has 2 heterocycles. The molecule has 1 aliphatic carbocycles. The van der Waals surface area contributed by atoms with Gasteiger partial charge in [0.15, 0.2) is 0 Å². The van der Waals surface area contributed by atoms with Gasteiger partial charge in [-0.15, -0.1) is 0 Å². The number of nitrogens with two attached hydrogens (primary N) is 2. The predicted molar refractivity (Wildman–Crippen MR) is 94.1 cm³/mol. The zero-order valence-corrected chi connectivity index (χ0v) is 14.1. The third-order valence-corrected chi connectivity index (χ3v) is 5.32. The fourth-order valence-electron chi connectivity index (χ4n) is 3.94. The van der Waals surface area contributed by atoms with Crippen LogP contribution in [0.25, 0.3) is 10.9 Å². The number of pyridine rings is 1. The largest absolute Gasteiger partial charge is 0.364 e. The fraction of sp³-hybridized carbons (Fsp3) is 0.500. The molecular formula is C18H22F2N4O. The SMILES string of the molecule is Cc1c(N2C[C@@H](N)[C@H](F)C2)c(F)cc2c(CN)cc(=O)n(C3CC3)c12. The van der Waals surface area contributed by atoms with E-state index in [1.54, 1.807) is 16.4 Å². The van der Waals surface area contributed by atoms with Gasteiger partial charge in [-0.1, -0.05) is 0 Å². The van der Waals surface area contributed by atoms with Gasteiger partial charge in [-0.25, -0.2) is 8.78 Å². The van der Waals surface area contributed by atoms with Crippen molar-refractivity contribution in [2.75, 3.05) is 18.0 Å². The maximum Gasteiger partial charge on any atom is 0.251 e. The molecule has 2 fully saturated rings. The number of fused-ring (bicyclic) bond motifs is 1. The molecule has 2 aliphatic rings. The van der Waals surface area contributed by atoms with E-state index in [1.165, 1.54) is 12.1 Å². The lowest BCUT2D eigenvalue weighted by Gasteiger charge is -2.24. The second-order valence-corrected chi connectivity index (χ2v) is 7.13. The van der Waals surface area contributed by atoms with Crippen LogP contribution in [0.5, 0.6) is 0 Å². The van der Waals surface area contributed by atoms with Crippen molar-refractivity contribution < 1.29 is 8.78 Å². The number of alkyl halides is 1. The quantitative estimate of drug-likeness (QED) is 0.886. The normalized spacial score (nSPS) is 23.6. The van der Waals surface area contributed by atoms with Crippen LogP contribution < -0.4 is 21.9 Å². The van der Waals surface area contributed by atoms with Crippen LogP contribution in [-0.2, 0) is 6.54 Å². The maximum atomic E-state index is 14.9. The number of rotatable bonds is 3. The first-order chi connectivity index (χ1) is 11.9. The highest BCUT2D eigenvalue weighted by atomic mass is 19.1. The lowest BCUT2D eigenvalue weighted by molar-refractivity contribution is 0.333. The molecule has 7 heteroatoms. The molecule has 0 unspecified atom stereocenters. The average molecular weight is 348 g/mol. The van der Waals surface area contributed by atoms with E-state index >= 15 is 0 Å². The molecule has 0 radical (unpaired) electrons. The minimum Gasteiger partial charge on any atom is -0.364 e. The van der Waals surface area contributed by atoms with Crippen molar-refractivity contribution in [1.82, 2.24) is 4.57 Å². The van der Waals surface area contributed by atoms with Crippen LogP contribution in [0.1, 0.15) is 30.0 Å². The Bertz CT molecular complexity index is 896. The summed E-state index contributed by atoms with van der Waals surface area (Å²) in [4.78, 5) is 14.2. The Labute approximate surface area is 144 Å². The van der Waals surface area contributed by atoms with E-state index in [1.807, 2.05) is 0 Å². The van der Waals surface area contributed by atoms with Crippen LogP contribution in [0.15, 0.2) is 16.9 Å². The number of anilines is 1. The van der Waals surface area contributed by atoms with Crippen LogP contribution in [0.3, 0.4) is 0 Å². The minimum absolute atomic E-state index is 0.0642. The van der Waals surface area contributed by atoms with Crippen molar-refractivity contribution in [2.45, 2.75) is 44.6 Å². The lowest BCUT2D eigenvalue weighted by atomic mass is 10.0. The fourth-order valence-corrected chi connectivity index (χ4v) is 3.94. The van der Waals surface area contributed by atoms with Crippen LogP contribution in [0.4, 0.5) is 14.5 Å². The van der Waals surface area contributed by atoms with E-state index in [0.717, 1.165) is 12.8 Å². The topological polar surface area (TPSA) is 77.3 Å². The number of aromatic nitrogens is 1. The number of hydrogen-bond acceptors (Lipinski definition) is 4. The molecular weight excluding hydrogens is 326 g/mol. The number of nitrogens with zero attached hydrogens (tertiary/aromatic N) is 2. The van der Waals surface area contributed by atoms with E-state index in [-0.39, 0.29) is 31.2 Å². The molecule has 0 bridgehead atoms. The zero-order chi connectivity index (χ0) is 17.9. The molecule has 5 nitrogen and oxygen atoms in total. The van der Waals surface area contributed by atoms with E-state index in [9.17, 15) is 13.6 Å². The molecule has 134 valence electrons. The Hall–Kier alpha value is -1.99. The molecule has 2 aromatic rings. The molecule has 1 aliphatic heterocycles. The van der Waals surface area contributed by atoms with Crippen molar-refractivity contribution in [1.29, 1.82) is 0 Å². The molecule has 1 aromatic heterocycles. The van der Waals surface area contributed by atoms with Crippen molar-refractivity contribution in [3.05, 3.63) is 39.4 Å². The summed E-state index contributed by atoms with van der Waals surface area (Å²) in [6, 6.07) is 2.45. The second-order valence-electron chi connectivity index (χ2n) is 7.13. The summed E-state index contributed by atoms with van der Waals surface area (Å²) in [5.41, 5.74) is 13.8. The summed E-state index contributed by atoms with van der Waals surface area (Å²) in [6.45, 7) is 2.27. The summed E-state index contributed by atoms with van der Waals surface area (Å²) in [6.07, 6.45) is 0.685. The second kappa shape index (κ2) is 5.78. The average Bonchev–Trinajstić information content (AvgIpc) is 3.33. The van der Waals surface area contributed by atoms with Gasteiger partial charge in [-0.05, 0) is 37.0 Å². The highest BCUT2D eigenvalue weighted by Crippen LogP contribution is 2.40. The lowest BCUT2D eigenvalue weighted by Crippen LogP contribution is -2.30. The zero-order valence-electron chi connectivity index (χ0n) is 14.1. The minimum atomic E-state index is -1.18. The first-order valence-corrected chi connectivity index (χ1v) is 8.64. The van der Waals surface area contributed by atoms with E-state index in [0.29, 0.717) is 27.7 Å². The Morgan fingerprint density at radius 3 is 2.56 bits per heavy atom. The molecule has 1 saturated heterocycles. The van der Waals surface area contributed by atoms with Gasteiger partial charge in [0.05, 0.1) is 23.8 Å². The monoisotopic (exact) mass is 348 g/mol. The van der Waals surface area contributed by atoms with Gasteiger partial charge in [0.25, 0.3) is 5.56 Å². The molecule has 0 spiro atoms. The van der Waals surface area contributed by atoms with Gasteiger partial charge < -0.3 is 20.9 Å². The number of benzene rings is 1. The Morgan fingerprint density at radius 1 is 1.28 bits per heavy atom. The summed E-state index contributed by atoms with van der Waals surface area (Å²) >= 11 is 0. The van der Waals surface area contributed by atoms with E-state index in [4.69, 9.17) is 11.5 Å². The summed E-state index contributed by atoms with van der Waals surface area (Å²) in [5.74, 6) is -0.429. The van der Waals surface area contributed by atoms with Crippen molar-refractivity contribution in [3.63, 3.8) is 0 Å². The molecule has 4 N–H and O–H groups in total. The van der Waals surface area contributed by atoms with E-state index < -0.39 is 18.0 Å². The third kappa shape index (κ3) is 2.53. The smallest absolute Gasteiger partial charge is 0.251 e. The van der Waals surface area contributed by atoms with Crippen LogP contribution in [-0.4, -0.2) is 29.9 Å². The van der Waals surface area contributed by atoms with Gasteiger partial charge in [0, 0.05) is 30.6 Å². The number of hydrogen-bond donors (Lipinski definition) is 2. The molecule has 2 atom stereocenters. The predicted octanol–water partition coefficient (Wildman–Crippen LogP) is 1.73. The highest BCUT2D eigenvalue weighted by molar-refractivity contribution is 5.90. The van der Waals surface area contributed by atoms with Crippen LogP contribution >= 0.6 is 0 Å². The number of halogens is 2. The van der Waals surface area contributed by atoms with Gasteiger partial charge >= 0.3 is 0 Å². The first kappa shape index (κ1) is 16.5. The van der Waals surface area contributed by atoms with Gasteiger partial charge in [0.1, 0.15) is 12.0 Å². The van der Waals surface area contributed by atoms with Gasteiger partial charge in [-0.3, -0.25) is 4.79 Å². The molecule has 1 aromatic carbocycles. The van der Waals surface area contributed by atoms with Crippen molar-refractivity contribution in [3.8, 4) is 0 Å². The van der Waals surface area contributed by atoms with Crippen LogP contribution in [0, 0.1) is 12.7 Å².